The van der Waals surface area contributed by atoms with Gasteiger partial charge in [-0.2, -0.15) is 0 Å². The Morgan fingerprint density at radius 2 is 2.27 bits per heavy atom. The van der Waals surface area contributed by atoms with Crippen LogP contribution >= 0.6 is 34.8 Å². The Morgan fingerprint density at radius 3 is 2.80 bits per heavy atom. The van der Waals surface area contributed by atoms with Crippen molar-refractivity contribution in [2.45, 2.75) is 13.8 Å². The average Bonchev–Trinajstić information content (AvgIpc) is 2.08. The van der Waals surface area contributed by atoms with Crippen molar-refractivity contribution in [3.8, 4) is 0 Å². The highest BCUT2D eigenvalue weighted by atomic mass is 127. The van der Waals surface area contributed by atoms with Crippen molar-refractivity contribution in [3.05, 3.63) is 21.4 Å². The largest absolute Gasteiger partial charge is 0.317 e. The molecule has 0 fully saturated rings. The van der Waals surface area contributed by atoms with E-state index < -0.39 is 0 Å². The average molecular weight is 335 g/mol. The van der Waals surface area contributed by atoms with E-state index in [0.29, 0.717) is 5.82 Å². The molecule has 1 heterocycles. The molecule has 80 valence electrons. The maximum Gasteiger partial charge on any atom is 0.222 e. The highest BCUT2D eigenvalue weighted by molar-refractivity contribution is 14.1. The SMILES string of the molecule is CC(=O)NC(=S)Nc1ncc(I)cc1C. The summed E-state index contributed by atoms with van der Waals surface area (Å²) in [4.78, 5) is 14.9. The molecule has 0 spiro atoms. The van der Waals surface area contributed by atoms with Crippen molar-refractivity contribution in [2.24, 2.45) is 0 Å². The fourth-order valence-corrected chi connectivity index (χ4v) is 1.82. The number of pyridine rings is 1. The van der Waals surface area contributed by atoms with E-state index in [1.165, 1.54) is 6.92 Å². The molecule has 0 aliphatic carbocycles. The molecular formula is C9H10IN3OS. The standard InChI is InChI=1S/C9H10IN3OS/c1-5-3-7(10)4-11-8(5)13-9(15)12-6(2)14/h3-4H,1-2H3,(H2,11,12,13,14,15). The minimum atomic E-state index is -0.198. The van der Waals surface area contributed by atoms with E-state index in [0.717, 1.165) is 9.13 Å². The monoisotopic (exact) mass is 335 g/mol. The molecule has 1 aromatic rings. The topological polar surface area (TPSA) is 54.0 Å². The Labute approximate surface area is 107 Å². The summed E-state index contributed by atoms with van der Waals surface area (Å²) < 4.78 is 1.06. The van der Waals surface area contributed by atoms with Gasteiger partial charge in [0.1, 0.15) is 5.82 Å². The molecule has 0 aliphatic heterocycles. The fraction of sp³-hybridized carbons (Fsp3) is 0.222. The zero-order chi connectivity index (χ0) is 11.4. The van der Waals surface area contributed by atoms with E-state index in [1.54, 1.807) is 6.20 Å². The lowest BCUT2D eigenvalue weighted by Crippen LogP contribution is -2.32. The number of halogens is 1. The first-order valence-electron chi connectivity index (χ1n) is 4.20. The van der Waals surface area contributed by atoms with E-state index in [4.69, 9.17) is 12.2 Å². The van der Waals surface area contributed by atoms with Crippen molar-refractivity contribution in [3.63, 3.8) is 0 Å². The van der Waals surface area contributed by atoms with Crippen LogP contribution in [0.3, 0.4) is 0 Å². The Hall–Kier alpha value is -0.760. The molecule has 2 N–H and O–H groups in total. The Morgan fingerprint density at radius 1 is 1.60 bits per heavy atom. The first-order valence-corrected chi connectivity index (χ1v) is 5.68. The zero-order valence-corrected chi connectivity index (χ0v) is 11.3. The highest BCUT2D eigenvalue weighted by Crippen LogP contribution is 2.13. The second kappa shape index (κ2) is 5.36. The number of thiocarbonyl (C=S) groups is 1. The van der Waals surface area contributed by atoms with Gasteiger partial charge in [0.2, 0.25) is 5.91 Å². The van der Waals surface area contributed by atoms with Crippen LogP contribution in [0.15, 0.2) is 12.3 Å². The number of amides is 1. The van der Waals surface area contributed by atoms with Gasteiger partial charge in [0.25, 0.3) is 0 Å². The molecule has 1 aromatic heterocycles. The number of carbonyl (C=O) groups excluding carboxylic acids is 1. The molecule has 1 rings (SSSR count). The van der Waals surface area contributed by atoms with Gasteiger partial charge in [-0.15, -0.1) is 0 Å². The van der Waals surface area contributed by atoms with Gasteiger partial charge in [0.05, 0.1) is 0 Å². The first kappa shape index (κ1) is 12.3. The maximum absolute atomic E-state index is 10.7. The summed E-state index contributed by atoms with van der Waals surface area (Å²) in [7, 11) is 0. The number of aryl methyl sites for hydroxylation is 1. The van der Waals surface area contributed by atoms with Gasteiger partial charge in [-0.3, -0.25) is 4.79 Å². The minimum absolute atomic E-state index is 0.198. The molecule has 6 heteroatoms. The second-order valence-electron chi connectivity index (χ2n) is 2.95. The van der Waals surface area contributed by atoms with Crippen LogP contribution in [0.1, 0.15) is 12.5 Å². The van der Waals surface area contributed by atoms with Crippen LogP contribution in [0.5, 0.6) is 0 Å². The number of rotatable bonds is 1. The maximum atomic E-state index is 10.7. The molecule has 4 nitrogen and oxygen atoms in total. The first-order chi connectivity index (χ1) is 6.99. The second-order valence-corrected chi connectivity index (χ2v) is 4.61. The van der Waals surface area contributed by atoms with E-state index >= 15 is 0 Å². The minimum Gasteiger partial charge on any atom is -0.317 e. The molecule has 0 unspecified atom stereocenters. The van der Waals surface area contributed by atoms with Gasteiger partial charge in [0.15, 0.2) is 5.11 Å². The van der Waals surface area contributed by atoms with Gasteiger partial charge < -0.3 is 10.6 Å². The summed E-state index contributed by atoms with van der Waals surface area (Å²) in [5.74, 6) is 0.463. The Bertz CT molecular complexity index is 408. The lowest BCUT2D eigenvalue weighted by Gasteiger charge is -2.09. The predicted octanol–water partition coefficient (Wildman–Crippen LogP) is 1.83. The van der Waals surface area contributed by atoms with Gasteiger partial charge in [-0.05, 0) is 53.4 Å². The number of carbonyl (C=O) groups is 1. The number of nitrogens with zero attached hydrogens (tertiary/aromatic N) is 1. The number of hydrogen-bond donors (Lipinski definition) is 2. The molecule has 15 heavy (non-hydrogen) atoms. The molecule has 0 saturated carbocycles. The smallest absolute Gasteiger partial charge is 0.222 e. The number of aromatic nitrogens is 1. The van der Waals surface area contributed by atoms with Crippen molar-refractivity contribution >= 4 is 51.6 Å². The van der Waals surface area contributed by atoms with Crippen molar-refractivity contribution in [1.29, 1.82) is 0 Å². The third-order valence-corrected chi connectivity index (χ3v) is 2.36. The Balaban J connectivity index is 2.72. The van der Waals surface area contributed by atoms with Gasteiger partial charge in [-0.1, -0.05) is 0 Å². The van der Waals surface area contributed by atoms with Crippen LogP contribution in [0.2, 0.25) is 0 Å². The summed E-state index contributed by atoms with van der Waals surface area (Å²) in [6.45, 7) is 3.33. The van der Waals surface area contributed by atoms with Crippen LogP contribution in [0.4, 0.5) is 5.82 Å². The van der Waals surface area contributed by atoms with Crippen LogP contribution < -0.4 is 10.6 Å². The normalized spacial score (nSPS) is 9.53. The van der Waals surface area contributed by atoms with Crippen LogP contribution in [-0.4, -0.2) is 16.0 Å². The van der Waals surface area contributed by atoms with Crippen LogP contribution in [-0.2, 0) is 4.79 Å². The molecule has 0 bridgehead atoms. The molecule has 0 aliphatic rings. The Kier molecular flexibility index (Phi) is 4.40. The van der Waals surface area contributed by atoms with Crippen molar-refractivity contribution in [2.75, 3.05) is 5.32 Å². The number of hydrogen-bond acceptors (Lipinski definition) is 3. The van der Waals surface area contributed by atoms with Crippen molar-refractivity contribution in [1.82, 2.24) is 10.3 Å². The quantitative estimate of drug-likeness (QED) is 0.607. The van der Waals surface area contributed by atoms with Crippen LogP contribution in [0.25, 0.3) is 0 Å². The van der Waals surface area contributed by atoms with E-state index in [2.05, 4.69) is 38.2 Å². The summed E-state index contributed by atoms with van der Waals surface area (Å²) in [5.41, 5.74) is 0.981. The van der Waals surface area contributed by atoms with E-state index in [9.17, 15) is 4.79 Å². The van der Waals surface area contributed by atoms with Gasteiger partial charge in [0, 0.05) is 16.7 Å². The molecule has 0 saturated heterocycles. The lowest BCUT2D eigenvalue weighted by molar-refractivity contribution is -0.117. The molecular weight excluding hydrogens is 325 g/mol. The molecule has 0 atom stereocenters. The zero-order valence-electron chi connectivity index (χ0n) is 8.30. The van der Waals surface area contributed by atoms with E-state index in [1.807, 2.05) is 13.0 Å². The van der Waals surface area contributed by atoms with Gasteiger partial charge >= 0.3 is 0 Å². The summed E-state index contributed by atoms with van der Waals surface area (Å²) in [5, 5.41) is 5.59. The van der Waals surface area contributed by atoms with Crippen LogP contribution in [0, 0.1) is 10.5 Å². The van der Waals surface area contributed by atoms with E-state index in [-0.39, 0.29) is 11.0 Å². The summed E-state index contributed by atoms with van der Waals surface area (Å²) in [6, 6.07) is 1.98. The predicted molar refractivity (Wildman–Crippen MR) is 71.7 cm³/mol. The van der Waals surface area contributed by atoms with Crippen molar-refractivity contribution < 1.29 is 4.79 Å². The lowest BCUT2D eigenvalue weighted by atomic mass is 10.3. The fourth-order valence-electron chi connectivity index (χ4n) is 0.970. The molecule has 1 amide bonds. The third kappa shape index (κ3) is 4.08. The van der Waals surface area contributed by atoms with Gasteiger partial charge in [-0.25, -0.2) is 4.98 Å². The number of anilines is 1. The molecule has 0 radical (unpaired) electrons. The summed E-state index contributed by atoms with van der Waals surface area (Å²) in [6.07, 6.45) is 1.73. The summed E-state index contributed by atoms with van der Waals surface area (Å²) >= 11 is 7.10. The molecule has 0 aromatic carbocycles. The number of nitrogens with one attached hydrogen (secondary N) is 2. The highest BCUT2D eigenvalue weighted by Gasteiger charge is 2.03. The third-order valence-electron chi connectivity index (χ3n) is 1.57.